The van der Waals surface area contributed by atoms with Gasteiger partial charge in [-0.05, 0) is 56.2 Å². The summed E-state index contributed by atoms with van der Waals surface area (Å²) in [5.41, 5.74) is 3.65. The second kappa shape index (κ2) is 6.73. The average Bonchev–Trinajstić information content (AvgIpc) is 2.54. The van der Waals surface area contributed by atoms with E-state index >= 15 is 0 Å². The van der Waals surface area contributed by atoms with Gasteiger partial charge in [-0.1, -0.05) is 24.3 Å². The van der Waals surface area contributed by atoms with Crippen molar-refractivity contribution in [3.8, 4) is 5.69 Å². The van der Waals surface area contributed by atoms with Gasteiger partial charge in [-0.2, -0.15) is 5.10 Å². The zero-order valence-electron chi connectivity index (χ0n) is 14.4. The Bertz CT molecular complexity index is 971. The third-order valence-electron chi connectivity index (χ3n) is 3.80. The van der Waals surface area contributed by atoms with Gasteiger partial charge in [-0.25, -0.2) is 4.68 Å². The number of aromatic nitrogens is 2. The van der Waals surface area contributed by atoms with E-state index in [9.17, 15) is 9.59 Å². The van der Waals surface area contributed by atoms with Crippen LogP contribution in [-0.4, -0.2) is 15.7 Å². The number of anilines is 1. The highest BCUT2D eigenvalue weighted by Gasteiger charge is 2.15. The van der Waals surface area contributed by atoms with Crippen molar-refractivity contribution < 1.29 is 4.79 Å². The van der Waals surface area contributed by atoms with Crippen LogP contribution in [0.25, 0.3) is 5.69 Å². The number of carbonyl (C=O) groups is 1. The largest absolute Gasteiger partial charge is 0.320 e. The summed E-state index contributed by atoms with van der Waals surface area (Å²) in [4.78, 5) is 24.8. The van der Waals surface area contributed by atoms with E-state index in [4.69, 9.17) is 0 Å². The minimum absolute atomic E-state index is 0.131. The molecule has 3 rings (SSSR count). The Balaban J connectivity index is 1.99. The van der Waals surface area contributed by atoms with Gasteiger partial charge in [0.05, 0.1) is 5.69 Å². The molecule has 1 heterocycles. The van der Waals surface area contributed by atoms with E-state index in [1.165, 1.54) is 6.07 Å². The molecule has 0 bridgehead atoms. The average molecular weight is 333 g/mol. The van der Waals surface area contributed by atoms with Crippen molar-refractivity contribution in [2.45, 2.75) is 20.8 Å². The molecule has 5 nitrogen and oxygen atoms in total. The van der Waals surface area contributed by atoms with Crippen LogP contribution in [0.3, 0.4) is 0 Å². The van der Waals surface area contributed by atoms with Crippen LogP contribution in [0.5, 0.6) is 0 Å². The van der Waals surface area contributed by atoms with Crippen molar-refractivity contribution in [2.75, 3.05) is 5.32 Å². The second-order valence-electron chi connectivity index (χ2n) is 6.08. The smallest absolute Gasteiger partial charge is 0.280 e. The molecular formula is C20H19N3O2. The monoisotopic (exact) mass is 333 g/mol. The van der Waals surface area contributed by atoms with Gasteiger partial charge in [-0.3, -0.25) is 9.59 Å². The van der Waals surface area contributed by atoms with Gasteiger partial charge in [0.25, 0.3) is 5.91 Å². The third kappa shape index (κ3) is 3.66. The maximum absolute atomic E-state index is 12.6. The van der Waals surface area contributed by atoms with Crippen LogP contribution in [0.2, 0.25) is 0 Å². The molecule has 0 fully saturated rings. The first-order valence-electron chi connectivity index (χ1n) is 8.00. The topological polar surface area (TPSA) is 64.0 Å². The molecule has 2 aromatic carbocycles. The summed E-state index contributed by atoms with van der Waals surface area (Å²) in [6.07, 6.45) is 0. The summed E-state index contributed by atoms with van der Waals surface area (Å²) in [5.74, 6) is -0.514. The molecule has 1 amide bonds. The molecule has 0 aliphatic rings. The van der Waals surface area contributed by atoms with Crippen molar-refractivity contribution in [1.82, 2.24) is 9.78 Å². The molecule has 126 valence electrons. The first-order chi connectivity index (χ1) is 11.9. The summed E-state index contributed by atoms with van der Waals surface area (Å²) in [6.45, 7) is 5.69. The summed E-state index contributed by atoms with van der Waals surface area (Å²) in [5, 5.41) is 7.04. The predicted molar refractivity (Wildman–Crippen MR) is 98.4 cm³/mol. The highest BCUT2D eigenvalue weighted by atomic mass is 16.2. The van der Waals surface area contributed by atoms with E-state index in [1.54, 1.807) is 11.6 Å². The van der Waals surface area contributed by atoms with Crippen LogP contribution in [0.1, 0.15) is 27.3 Å². The van der Waals surface area contributed by atoms with Crippen molar-refractivity contribution in [3.63, 3.8) is 0 Å². The molecule has 0 aliphatic heterocycles. The molecule has 25 heavy (non-hydrogen) atoms. The Morgan fingerprint density at radius 2 is 1.60 bits per heavy atom. The summed E-state index contributed by atoms with van der Waals surface area (Å²) >= 11 is 0. The highest BCUT2D eigenvalue weighted by molar-refractivity contribution is 6.02. The van der Waals surface area contributed by atoms with Gasteiger partial charge in [0, 0.05) is 17.4 Å². The Hall–Kier alpha value is -3.21. The van der Waals surface area contributed by atoms with Crippen molar-refractivity contribution in [1.29, 1.82) is 0 Å². The Kier molecular flexibility index (Phi) is 4.48. The van der Waals surface area contributed by atoms with Crippen LogP contribution in [0, 0.1) is 20.8 Å². The number of carbonyl (C=O) groups excluding carboxylic acids is 1. The van der Waals surface area contributed by atoms with E-state index in [0.29, 0.717) is 11.4 Å². The number of nitrogens with zero attached hydrogens (tertiary/aromatic N) is 2. The van der Waals surface area contributed by atoms with Crippen molar-refractivity contribution >= 4 is 11.6 Å². The van der Waals surface area contributed by atoms with Crippen LogP contribution in [-0.2, 0) is 0 Å². The number of nitrogens with one attached hydrogen (secondary N) is 1. The normalized spacial score (nSPS) is 10.5. The molecule has 0 unspecified atom stereocenters. The quantitative estimate of drug-likeness (QED) is 0.799. The zero-order chi connectivity index (χ0) is 18.0. The molecular weight excluding hydrogens is 314 g/mol. The third-order valence-corrected chi connectivity index (χ3v) is 3.80. The van der Waals surface area contributed by atoms with Crippen LogP contribution in [0.15, 0.2) is 59.4 Å². The lowest BCUT2D eigenvalue weighted by Gasteiger charge is -2.11. The van der Waals surface area contributed by atoms with Gasteiger partial charge in [-0.15, -0.1) is 0 Å². The molecule has 0 atom stereocenters. The molecule has 5 heteroatoms. The maximum atomic E-state index is 12.6. The van der Waals surface area contributed by atoms with Crippen molar-refractivity contribution in [2.24, 2.45) is 0 Å². The second-order valence-corrected chi connectivity index (χ2v) is 6.08. The molecule has 1 N–H and O–H groups in total. The number of benzene rings is 2. The lowest BCUT2D eigenvalue weighted by molar-refractivity contribution is 0.101. The number of amides is 1. The SMILES string of the molecule is Cc1cc(C)cc(NC(=O)c2nn(-c3ccccc3)c(C)cc2=O)c1. The van der Waals surface area contributed by atoms with Gasteiger partial charge < -0.3 is 5.32 Å². The molecule has 0 radical (unpaired) electrons. The maximum Gasteiger partial charge on any atom is 0.280 e. The molecule has 3 aromatic rings. The number of para-hydroxylation sites is 1. The molecule has 0 saturated heterocycles. The zero-order valence-corrected chi connectivity index (χ0v) is 14.4. The Morgan fingerprint density at radius 3 is 2.24 bits per heavy atom. The van der Waals surface area contributed by atoms with Crippen molar-refractivity contribution in [3.05, 3.63) is 87.3 Å². The van der Waals surface area contributed by atoms with Crippen LogP contribution < -0.4 is 10.7 Å². The molecule has 0 spiro atoms. The number of hydrogen-bond donors (Lipinski definition) is 1. The van der Waals surface area contributed by atoms with Gasteiger partial charge in [0.2, 0.25) is 5.43 Å². The number of rotatable bonds is 3. The van der Waals surface area contributed by atoms with Gasteiger partial charge >= 0.3 is 0 Å². The van der Waals surface area contributed by atoms with Gasteiger partial charge in [0.15, 0.2) is 5.69 Å². The predicted octanol–water partition coefficient (Wildman–Crippen LogP) is 3.41. The Morgan fingerprint density at radius 1 is 0.960 bits per heavy atom. The lowest BCUT2D eigenvalue weighted by atomic mass is 10.1. The molecule has 0 aliphatic carbocycles. The Labute approximate surface area is 145 Å². The standard InChI is InChI=1S/C20H19N3O2/c1-13-9-14(2)11-16(10-13)21-20(25)19-18(24)12-15(3)23(22-19)17-7-5-4-6-8-17/h4-12H,1-3H3,(H,21,25). The summed E-state index contributed by atoms with van der Waals surface area (Å²) < 4.78 is 1.60. The van der Waals surface area contributed by atoms with Crippen LogP contribution in [0.4, 0.5) is 5.69 Å². The lowest BCUT2D eigenvalue weighted by Crippen LogP contribution is -2.26. The van der Waals surface area contributed by atoms with E-state index in [0.717, 1.165) is 16.8 Å². The van der Waals surface area contributed by atoms with E-state index in [-0.39, 0.29) is 5.69 Å². The van der Waals surface area contributed by atoms with E-state index in [1.807, 2.05) is 62.4 Å². The minimum atomic E-state index is -0.514. The van der Waals surface area contributed by atoms with Gasteiger partial charge in [0.1, 0.15) is 0 Å². The number of hydrogen-bond acceptors (Lipinski definition) is 3. The molecule has 0 saturated carbocycles. The first-order valence-corrected chi connectivity index (χ1v) is 8.00. The van der Waals surface area contributed by atoms with E-state index < -0.39 is 11.3 Å². The fourth-order valence-electron chi connectivity index (χ4n) is 2.77. The van der Waals surface area contributed by atoms with E-state index in [2.05, 4.69) is 10.4 Å². The molecule has 1 aromatic heterocycles. The first kappa shape index (κ1) is 16.6. The van der Waals surface area contributed by atoms with Crippen LogP contribution >= 0.6 is 0 Å². The highest BCUT2D eigenvalue weighted by Crippen LogP contribution is 2.14. The number of aryl methyl sites for hydroxylation is 3. The fraction of sp³-hybridized carbons (Fsp3) is 0.150. The fourth-order valence-corrected chi connectivity index (χ4v) is 2.77. The summed E-state index contributed by atoms with van der Waals surface area (Å²) in [6, 6.07) is 16.6. The minimum Gasteiger partial charge on any atom is -0.320 e. The summed E-state index contributed by atoms with van der Waals surface area (Å²) in [7, 11) is 0.